The van der Waals surface area contributed by atoms with Crippen LogP contribution in [-0.4, -0.2) is 10.5 Å². The Morgan fingerprint density at radius 3 is 1.25 bits per heavy atom. The topological polar surface area (TPSA) is 49.7 Å². The van der Waals surface area contributed by atoms with Crippen molar-refractivity contribution in [2.45, 2.75) is 0 Å². The van der Waals surface area contributed by atoms with Gasteiger partial charge in [0.1, 0.15) is 0 Å². The van der Waals surface area contributed by atoms with Crippen LogP contribution in [0.15, 0.2) is 0 Å². The Kier molecular flexibility index (Phi) is 22.0. The van der Waals surface area contributed by atoms with E-state index >= 15 is 0 Å². The van der Waals surface area contributed by atoms with Gasteiger partial charge in [0, 0.05) is 17.4 Å². The molecule has 0 aromatic rings. The van der Waals surface area contributed by atoms with Gasteiger partial charge in [-0.2, -0.15) is 0 Å². The maximum absolute atomic E-state index is 6.62. The zero-order valence-electron chi connectivity index (χ0n) is 1.71. The first-order valence-corrected chi connectivity index (χ1v) is 0.365. The summed E-state index contributed by atoms with van der Waals surface area (Å²) < 4.78 is 0. The Hall–Kier alpha value is 0.412. The fraction of sp³-hybridized carbons (Fsp3) is 0. The third-order valence-electron chi connectivity index (χ3n) is 0. The van der Waals surface area contributed by atoms with E-state index in [1.807, 2.05) is 0 Å². The van der Waals surface area contributed by atoms with E-state index in [0.717, 1.165) is 0 Å². The molecule has 0 bridgehead atoms. The second kappa shape index (κ2) is 9.95. The van der Waals surface area contributed by atoms with E-state index in [9.17, 15) is 0 Å². The molecule has 0 spiro atoms. The van der Waals surface area contributed by atoms with Crippen LogP contribution >= 0.6 is 0 Å². The van der Waals surface area contributed by atoms with Gasteiger partial charge in [-0.3, -0.25) is 0 Å². The van der Waals surface area contributed by atoms with E-state index in [-0.39, 0.29) is 17.4 Å². The fourth-order valence-electron chi connectivity index (χ4n) is 0. The SMILES string of the molecule is OOO.[Cr]. The fourth-order valence-corrected chi connectivity index (χ4v) is 0. The molecule has 0 fully saturated rings. The summed E-state index contributed by atoms with van der Waals surface area (Å²) in [5.41, 5.74) is 0. The predicted molar refractivity (Wildman–Crippen MR) is 6.34 cm³/mol. The molecule has 0 aliphatic rings. The van der Waals surface area contributed by atoms with Crippen molar-refractivity contribution in [3.63, 3.8) is 0 Å². The molecule has 0 saturated heterocycles. The van der Waals surface area contributed by atoms with Crippen LogP contribution in [0.3, 0.4) is 0 Å². The van der Waals surface area contributed by atoms with E-state index in [4.69, 9.17) is 10.5 Å². The molecule has 0 unspecified atom stereocenters. The van der Waals surface area contributed by atoms with E-state index in [1.54, 1.807) is 0 Å². The Bertz CT molecular complexity index is 3.25. The van der Waals surface area contributed by atoms with E-state index < -0.39 is 0 Å². The molecule has 0 heterocycles. The summed E-state index contributed by atoms with van der Waals surface area (Å²) in [5.74, 6) is 0. The monoisotopic (exact) mass is 102 g/mol. The van der Waals surface area contributed by atoms with Gasteiger partial charge in [-0.05, 0) is 0 Å². The quantitative estimate of drug-likeness (QED) is 0.333. The third kappa shape index (κ3) is 28.3. The Morgan fingerprint density at radius 1 is 1.25 bits per heavy atom. The van der Waals surface area contributed by atoms with Gasteiger partial charge in [0.25, 0.3) is 0 Å². The van der Waals surface area contributed by atoms with E-state index in [0.29, 0.717) is 0 Å². The average Bonchev–Trinajstić information content (AvgIpc) is 0.918. The van der Waals surface area contributed by atoms with Crippen LogP contribution < -0.4 is 0 Å². The van der Waals surface area contributed by atoms with E-state index in [2.05, 4.69) is 5.04 Å². The molecular weight excluding hydrogens is 100.0 g/mol. The van der Waals surface area contributed by atoms with Crippen LogP contribution in [0.2, 0.25) is 0 Å². The van der Waals surface area contributed by atoms with Gasteiger partial charge in [0.15, 0.2) is 0 Å². The summed E-state index contributed by atoms with van der Waals surface area (Å²) in [5, 5.41) is 15.5. The van der Waals surface area contributed by atoms with Crippen molar-refractivity contribution in [1.29, 1.82) is 0 Å². The molecule has 26 valence electrons. The first kappa shape index (κ1) is 8.83. The van der Waals surface area contributed by atoms with Gasteiger partial charge in [-0.25, -0.2) is 10.5 Å². The van der Waals surface area contributed by atoms with Crippen molar-refractivity contribution in [2.24, 2.45) is 0 Å². The van der Waals surface area contributed by atoms with Gasteiger partial charge in [-0.1, -0.05) is 5.04 Å². The summed E-state index contributed by atoms with van der Waals surface area (Å²) in [6.07, 6.45) is 0. The molecule has 4 heteroatoms. The summed E-state index contributed by atoms with van der Waals surface area (Å²) in [7, 11) is 0. The van der Waals surface area contributed by atoms with Crippen LogP contribution in [0.1, 0.15) is 0 Å². The van der Waals surface area contributed by atoms with Crippen LogP contribution in [0, 0.1) is 0 Å². The van der Waals surface area contributed by atoms with Crippen molar-refractivity contribution in [3.8, 4) is 0 Å². The van der Waals surface area contributed by atoms with Crippen LogP contribution in [-0.2, 0) is 22.4 Å². The molecule has 0 aromatic carbocycles. The van der Waals surface area contributed by atoms with E-state index in [1.165, 1.54) is 0 Å². The van der Waals surface area contributed by atoms with Gasteiger partial charge < -0.3 is 0 Å². The normalized spacial score (nSPS) is 4.50. The average molecular weight is 102 g/mol. The van der Waals surface area contributed by atoms with Crippen LogP contribution in [0.5, 0.6) is 0 Å². The molecular formula is H2CrO3. The van der Waals surface area contributed by atoms with Crippen LogP contribution in [0.25, 0.3) is 0 Å². The van der Waals surface area contributed by atoms with Gasteiger partial charge in [-0.15, -0.1) is 0 Å². The van der Waals surface area contributed by atoms with Crippen molar-refractivity contribution >= 4 is 0 Å². The van der Waals surface area contributed by atoms with Crippen LogP contribution in [0.4, 0.5) is 0 Å². The second-order valence-electron chi connectivity index (χ2n) is 0.0816. The molecule has 4 heavy (non-hydrogen) atoms. The minimum absolute atomic E-state index is 0. The van der Waals surface area contributed by atoms with Gasteiger partial charge in [0.2, 0.25) is 0 Å². The molecule has 2 N–H and O–H groups in total. The Labute approximate surface area is 33.8 Å². The standard InChI is InChI=1S/Cr.H2O3/c;1-3-2/h;1-2H. The zero-order valence-corrected chi connectivity index (χ0v) is 2.99. The predicted octanol–water partition coefficient (Wildman–Crippen LogP) is -0.0535. The van der Waals surface area contributed by atoms with Gasteiger partial charge in [0.05, 0.1) is 0 Å². The molecule has 0 saturated carbocycles. The first-order valence-electron chi connectivity index (χ1n) is 0.365. The largest absolute Gasteiger partial charge is 0.221 e. The minimum Gasteiger partial charge on any atom is -0.221 e. The van der Waals surface area contributed by atoms with Crippen molar-refractivity contribution in [3.05, 3.63) is 0 Å². The van der Waals surface area contributed by atoms with Crippen molar-refractivity contribution in [1.82, 2.24) is 0 Å². The maximum Gasteiger partial charge on any atom is 0 e. The summed E-state index contributed by atoms with van der Waals surface area (Å²) in [6.45, 7) is 0. The van der Waals surface area contributed by atoms with Crippen molar-refractivity contribution < 1.29 is 32.9 Å². The molecule has 0 amide bonds. The first-order chi connectivity index (χ1) is 1.41. The Balaban J connectivity index is 0. The van der Waals surface area contributed by atoms with Gasteiger partial charge >= 0.3 is 0 Å². The molecule has 0 rings (SSSR count). The molecule has 0 atom stereocenters. The maximum atomic E-state index is 6.62. The molecule has 3 nitrogen and oxygen atoms in total. The summed E-state index contributed by atoms with van der Waals surface area (Å²) in [6, 6.07) is 0. The number of rotatable bonds is 0. The molecule has 0 aromatic heterocycles. The number of hydrogen-bond acceptors (Lipinski definition) is 3. The molecule has 0 radical (unpaired) electrons. The zero-order chi connectivity index (χ0) is 2.71. The number of hydrogen-bond donors (Lipinski definition) is 2. The summed E-state index contributed by atoms with van der Waals surface area (Å²) in [4.78, 5) is 0. The minimum atomic E-state index is 0. The third-order valence-corrected chi connectivity index (χ3v) is 0. The summed E-state index contributed by atoms with van der Waals surface area (Å²) >= 11 is 0. The second-order valence-corrected chi connectivity index (χ2v) is 0.0816. The Morgan fingerprint density at radius 2 is 1.25 bits per heavy atom. The molecule has 0 aliphatic carbocycles. The smallest absolute Gasteiger partial charge is 0 e. The molecule has 0 aliphatic heterocycles. The van der Waals surface area contributed by atoms with Crippen molar-refractivity contribution in [2.75, 3.05) is 0 Å².